The summed E-state index contributed by atoms with van der Waals surface area (Å²) in [4.78, 5) is 0. The van der Waals surface area contributed by atoms with Crippen LogP contribution in [0.15, 0.2) is 241 Å². The standard InChI is InChI=1S/C64H42/c1-5-15-37(16-6-1)42-27-29-44-46-31-33-48-52-35-54-55(36-53(52)49-34-32-47(61(46)62(48)49)45-30-28-43(59(42)60(44)45)38-17-7-2-8-18-38)58(41-21-11-4-12-22-41)64-51-26-14-24-39-23-13-25-50(56(39)51)63(64)57(54)40-19-9-3-10-20-40/h1-36,39,56,59-62H. The van der Waals surface area contributed by atoms with Gasteiger partial charge in [-0.1, -0.05) is 206 Å². The summed E-state index contributed by atoms with van der Waals surface area (Å²) in [6.45, 7) is 0. The Balaban J connectivity index is 0.993. The van der Waals surface area contributed by atoms with Crippen molar-refractivity contribution in [1.82, 2.24) is 0 Å². The largest absolute Gasteiger partial charge is 0.0767 e. The van der Waals surface area contributed by atoms with Crippen LogP contribution in [0, 0.1) is 35.5 Å². The fourth-order valence-corrected chi connectivity index (χ4v) is 13.6. The van der Waals surface area contributed by atoms with Crippen molar-refractivity contribution >= 4 is 44.2 Å². The summed E-state index contributed by atoms with van der Waals surface area (Å²) in [6.07, 6.45) is 34.2. The van der Waals surface area contributed by atoms with Crippen LogP contribution in [0.2, 0.25) is 0 Å². The van der Waals surface area contributed by atoms with Gasteiger partial charge in [-0.15, -0.1) is 0 Å². The van der Waals surface area contributed by atoms with Gasteiger partial charge in [-0.2, -0.15) is 0 Å². The fourth-order valence-electron chi connectivity index (χ4n) is 13.6. The molecule has 6 aromatic rings. The highest BCUT2D eigenvalue weighted by atomic mass is 14.5. The van der Waals surface area contributed by atoms with Crippen LogP contribution >= 0.6 is 0 Å². The second-order valence-electron chi connectivity index (χ2n) is 18.9. The van der Waals surface area contributed by atoms with Crippen LogP contribution in [0.5, 0.6) is 0 Å². The quantitative estimate of drug-likeness (QED) is 0.166. The monoisotopic (exact) mass is 810 g/mol. The second kappa shape index (κ2) is 13.0. The van der Waals surface area contributed by atoms with Crippen molar-refractivity contribution in [3.63, 3.8) is 0 Å². The van der Waals surface area contributed by atoms with Crippen LogP contribution in [-0.2, 0) is 0 Å². The first-order valence-electron chi connectivity index (χ1n) is 23.2. The van der Waals surface area contributed by atoms with Gasteiger partial charge < -0.3 is 0 Å². The molecule has 298 valence electrons. The first-order valence-corrected chi connectivity index (χ1v) is 23.2. The third-order valence-corrected chi connectivity index (χ3v) is 16.0. The van der Waals surface area contributed by atoms with E-state index < -0.39 is 0 Å². The Morgan fingerprint density at radius 2 is 0.578 bits per heavy atom. The number of rotatable bonds is 4. The minimum atomic E-state index is 0.226. The molecule has 0 unspecified atom stereocenters. The predicted molar refractivity (Wildman–Crippen MR) is 267 cm³/mol. The molecule has 0 N–H and O–H groups in total. The van der Waals surface area contributed by atoms with Crippen molar-refractivity contribution in [2.45, 2.75) is 0 Å². The summed E-state index contributed by atoms with van der Waals surface area (Å²) >= 11 is 0. The van der Waals surface area contributed by atoms with Crippen LogP contribution in [0.4, 0.5) is 0 Å². The highest BCUT2D eigenvalue weighted by Gasteiger charge is 2.52. The van der Waals surface area contributed by atoms with E-state index in [2.05, 4.69) is 219 Å². The minimum absolute atomic E-state index is 0.226. The van der Waals surface area contributed by atoms with E-state index in [9.17, 15) is 0 Å². The Kier molecular flexibility index (Phi) is 7.11. The Morgan fingerprint density at radius 3 is 0.984 bits per heavy atom. The topological polar surface area (TPSA) is 0 Å². The molecule has 0 bridgehead atoms. The number of fused-ring (bicyclic) bond motifs is 9. The molecule has 64 heavy (non-hydrogen) atoms. The van der Waals surface area contributed by atoms with Gasteiger partial charge in [0.15, 0.2) is 0 Å². The molecule has 0 radical (unpaired) electrons. The van der Waals surface area contributed by atoms with E-state index in [-0.39, 0.29) is 23.7 Å². The van der Waals surface area contributed by atoms with Crippen molar-refractivity contribution in [2.24, 2.45) is 35.5 Å². The zero-order valence-electron chi connectivity index (χ0n) is 35.2. The van der Waals surface area contributed by atoms with Crippen molar-refractivity contribution in [3.8, 4) is 22.3 Å². The maximum absolute atomic E-state index is 2.61. The maximum Gasteiger partial charge on any atom is 0.0211 e. The maximum atomic E-state index is 2.61. The van der Waals surface area contributed by atoms with Crippen LogP contribution in [0.1, 0.15) is 33.4 Å². The Labute approximate surface area is 374 Å². The molecule has 1 saturated carbocycles. The molecule has 0 saturated heterocycles. The molecule has 1 fully saturated rings. The molecule has 0 spiro atoms. The molecule has 0 amide bonds. The predicted octanol–water partition coefficient (Wildman–Crippen LogP) is 15.5. The van der Waals surface area contributed by atoms with Gasteiger partial charge in [0.25, 0.3) is 0 Å². The molecular weight excluding hydrogens is 769 g/mol. The first kappa shape index (κ1) is 35.0. The SMILES string of the molecule is C1=CC2C=CC=C3c4c(c(-c5ccccc5)c5cc6c(cc5c4-c4ccccc4)C4=CC=C5C7=CC=C(c8ccccc8)C8C(c9ccccc9)=CC=C(C9=CC=C6C4C95)C78)C(=C1)C32. The van der Waals surface area contributed by atoms with Crippen molar-refractivity contribution in [1.29, 1.82) is 0 Å². The van der Waals surface area contributed by atoms with E-state index >= 15 is 0 Å². The Morgan fingerprint density at radius 1 is 0.250 bits per heavy atom. The number of allylic oxidation sites excluding steroid dienone is 24. The lowest BCUT2D eigenvalue weighted by molar-refractivity contribution is 0.521. The molecule has 9 aliphatic carbocycles. The summed E-state index contributed by atoms with van der Waals surface area (Å²) in [5.41, 5.74) is 28.2. The number of benzene rings is 6. The fraction of sp³-hybridized carbons (Fsp3) is 0.0938. The number of hydrogen-bond acceptors (Lipinski definition) is 0. The molecule has 0 atom stereocenters. The normalized spacial score (nSPS) is 25.4. The number of hydrogen-bond donors (Lipinski definition) is 0. The van der Waals surface area contributed by atoms with Crippen LogP contribution in [0.25, 0.3) is 66.5 Å². The Bertz CT molecular complexity index is 3280. The van der Waals surface area contributed by atoms with Gasteiger partial charge in [-0.05, 0) is 134 Å². The summed E-state index contributed by atoms with van der Waals surface area (Å²) in [5.74, 6) is 1.70. The van der Waals surface area contributed by atoms with E-state index in [1.54, 1.807) is 0 Å². The molecular formula is C64H42. The molecule has 0 aliphatic heterocycles. The van der Waals surface area contributed by atoms with E-state index in [1.807, 2.05) is 0 Å². The van der Waals surface area contributed by atoms with Gasteiger partial charge in [0.1, 0.15) is 0 Å². The summed E-state index contributed by atoms with van der Waals surface area (Å²) in [5, 5.41) is 2.69. The van der Waals surface area contributed by atoms with Gasteiger partial charge in [-0.25, -0.2) is 0 Å². The van der Waals surface area contributed by atoms with Gasteiger partial charge in [0, 0.05) is 35.5 Å². The highest BCUT2D eigenvalue weighted by molar-refractivity contribution is 6.20. The third kappa shape index (κ3) is 4.57. The van der Waals surface area contributed by atoms with Crippen LogP contribution in [-0.4, -0.2) is 0 Å². The third-order valence-electron chi connectivity index (χ3n) is 16.0. The van der Waals surface area contributed by atoms with E-state index in [4.69, 9.17) is 0 Å². The molecule has 9 aliphatic rings. The zero-order valence-corrected chi connectivity index (χ0v) is 35.2. The molecule has 0 nitrogen and oxygen atoms in total. The first-order chi connectivity index (χ1) is 31.8. The molecule has 15 rings (SSSR count). The average Bonchev–Trinajstić information content (AvgIpc) is 3.87. The van der Waals surface area contributed by atoms with Crippen LogP contribution < -0.4 is 0 Å². The van der Waals surface area contributed by atoms with Gasteiger partial charge >= 0.3 is 0 Å². The molecule has 0 heterocycles. The van der Waals surface area contributed by atoms with Crippen LogP contribution in [0.3, 0.4) is 0 Å². The second-order valence-corrected chi connectivity index (χ2v) is 18.9. The Hall–Kier alpha value is -7.54. The van der Waals surface area contributed by atoms with E-state index in [1.165, 1.54) is 122 Å². The smallest absolute Gasteiger partial charge is 0.0211 e. The molecule has 6 aromatic carbocycles. The lowest BCUT2D eigenvalue weighted by Gasteiger charge is -2.50. The van der Waals surface area contributed by atoms with Crippen molar-refractivity contribution in [2.75, 3.05) is 0 Å². The van der Waals surface area contributed by atoms with E-state index in [0.717, 1.165) is 0 Å². The van der Waals surface area contributed by atoms with Gasteiger partial charge in [0.05, 0.1) is 0 Å². The van der Waals surface area contributed by atoms with E-state index in [0.29, 0.717) is 11.8 Å². The average molecular weight is 811 g/mol. The lowest BCUT2D eigenvalue weighted by Crippen LogP contribution is -2.38. The summed E-state index contributed by atoms with van der Waals surface area (Å²) in [6, 6.07) is 49.9. The summed E-state index contributed by atoms with van der Waals surface area (Å²) in [7, 11) is 0. The molecule has 0 aromatic heterocycles. The summed E-state index contributed by atoms with van der Waals surface area (Å²) < 4.78 is 0. The van der Waals surface area contributed by atoms with Gasteiger partial charge in [0.2, 0.25) is 0 Å². The van der Waals surface area contributed by atoms with Crippen molar-refractivity contribution in [3.05, 3.63) is 274 Å². The van der Waals surface area contributed by atoms with Gasteiger partial charge in [-0.3, -0.25) is 0 Å². The molecule has 0 heteroatoms. The minimum Gasteiger partial charge on any atom is -0.0767 e. The lowest BCUT2D eigenvalue weighted by atomic mass is 9.53. The zero-order chi connectivity index (χ0) is 41.6. The highest BCUT2D eigenvalue weighted by Crippen LogP contribution is 2.67. The van der Waals surface area contributed by atoms with Crippen molar-refractivity contribution < 1.29 is 0 Å².